The molecule has 0 radical (unpaired) electrons. The van der Waals surface area contributed by atoms with Gasteiger partial charge in [-0.25, -0.2) is 9.78 Å². The Labute approximate surface area is 96.1 Å². The van der Waals surface area contributed by atoms with Crippen molar-refractivity contribution in [3.8, 4) is 10.4 Å². The number of aromatic nitrogens is 2. The maximum Gasteiger partial charge on any atom is 0.413 e. The lowest BCUT2D eigenvalue weighted by Crippen LogP contribution is -2.10. The normalized spacial score (nSPS) is 9.81. The van der Waals surface area contributed by atoms with Gasteiger partial charge in [-0.2, -0.15) is 0 Å². The largest absolute Gasteiger partial charge is 0.453 e. The van der Waals surface area contributed by atoms with E-state index in [1.165, 1.54) is 18.4 Å². The second-order valence-electron chi connectivity index (χ2n) is 2.89. The molecule has 0 aliphatic rings. The van der Waals surface area contributed by atoms with Gasteiger partial charge in [-0.1, -0.05) is 17.4 Å². The number of nitrogens with one attached hydrogen (secondary N) is 1. The standard InChI is InChI=1S/C10H9N3O2S/c1-15-10(14)13-9-12-6-8(16-9)7-3-2-4-11-5-7/h2-6H,1H3,(H,12,13,14). The van der Waals surface area contributed by atoms with E-state index in [0.29, 0.717) is 5.13 Å². The van der Waals surface area contributed by atoms with Gasteiger partial charge in [0.1, 0.15) is 0 Å². The number of anilines is 1. The molecule has 0 spiro atoms. The van der Waals surface area contributed by atoms with Gasteiger partial charge in [0, 0.05) is 24.2 Å². The van der Waals surface area contributed by atoms with Gasteiger partial charge in [-0.15, -0.1) is 0 Å². The molecule has 6 heteroatoms. The van der Waals surface area contributed by atoms with Gasteiger partial charge >= 0.3 is 6.09 Å². The number of rotatable bonds is 2. The quantitative estimate of drug-likeness (QED) is 0.868. The van der Waals surface area contributed by atoms with Gasteiger partial charge in [-0.05, 0) is 6.07 Å². The van der Waals surface area contributed by atoms with Crippen LogP contribution in [0.5, 0.6) is 0 Å². The van der Waals surface area contributed by atoms with Crippen LogP contribution in [0.4, 0.5) is 9.93 Å². The fraction of sp³-hybridized carbons (Fsp3) is 0.100. The number of carbonyl (C=O) groups excluding carboxylic acids is 1. The highest BCUT2D eigenvalue weighted by Gasteiger charge is 2.07. The number of carbonyl (C=O) groups is 1. The van der Waals surface area contributed by atoms with Crippen LogP contribution in [0, 0.1) is 0 Å². The topological polar surface area (TPSA) is 64.1 Å². The van der Waals surface area contributed by atoms with E-state index in [9.17, 15) is 4.79 Å². The Hall–Kier alpha value is -1.95. The first-order valence-electron chi connectivity index (χ1n) is 4.51. The molecule has 0 unspecified atom stereocenters. The first kappa shape index (κ1) is 10.6. The lowest BCUT2D eigenvalue weighted by molar-refractivity contribution is 0.187. The molecular weight excluding hydrogens is 226 g/mol. The highest BCUT2D eigenvalue weighted by Crippen LogP contribution is 2.27. The molecule has 0 aromatic carbocycles. The van der Waals surface area contributed by atoms with Gasteiger partial charge in [0.15, 0.2) is 5.13 Å². The van der Waals surface area contributed by atoms with E-state index in [2.05, 4.69) is 20.0 Å². The highest BCUT2D eigenvalue weighted by atomic mass is 32.1. The minimum atomic E-state index is -0.521. The fourth-order valence-electron chi connectivity index (χ4n) is 1.11. The molecular formula is C10H9N3O2S. The summed E-state index contributed by atoms with van der Waals surface area (Å²) in [5.41, 5.74) is 0.970. The number of thiazole rings is 1. The van der Waals surface area contributed by atoms with Crippen molar-refractivity contribution < 1.29 is 9.53 Å². The summed E-state index contributed by atoms with van der Waals surface area (Å²) in [5, 5.41) is 3.01. The summed E-state index contributed by atoms with van der Waals surface area (Å²) in [7, 11) is 1.31. The van der Waals surface area contributed by atoms with Crippen molar-refractivity contribution in [1.82, 2.24) is 9.97 Å². The van der Waals surface area contributed by atoms with E-state index in [-0.39, 0.29) is 0 Å². The van der Waals surface area contributed by atoms with Gasteiger partial charge < -0.3 is 4.74 Å². The molecule has 82 valence electrons. The van der Waals surface area contributed by atoms with E-state index in [1.807, 2.05) is 12.1 Å². The lowest BCUT2D eigenvalue weighted by atomic mass is 10.3. The zero-order chi connectivity index (χ0) is 11.4. The van der Waals surface area contributed by atoms with Crippen LogP contribution in [-0.4, -0.2) is 23.2 Å². The summed E-state index contributed by atoms with van der Waals surface area (Å²) >= 11 is 1.37. The second kappa shape index (κ2) is 4.71. The lowest BCUT2D eigenvalue weighted by Gasteiger charge is -1.97. The maximum absolute atomic E-state index is 10.9. The molecule has 0 aliphatic heterocycles. The van der Waals surface area contributed by atoms with Crippen LogP contribution >= 0.6 is 11.3 Å². The van der Waals surface area contributed by atoms with Gasteiger partial charge in [0.2, 0.25) is 0 Å². The first-order valence-corrected chi connectivity index (χ1v) is 5.32. The van der Waals surface area contributed by atoms with Gasteiger partial charge in [0.25, 0.3) is 0 Å². The number of ether oxygens (including phenoxy) is 1. The summed E-state index contributed by atoms with van der Waals surface area (Å²) in [6, 6.07) is 3.78. The van der Waals surface area contributed by atoms with Crippen LogP contribution in [0.2, 0.25) is 0 Å². The third kappa shape index (κ3) is 2.34. The molecule has 2 heterocycles. The van der Waals surface area contributed by atoms with Crippen molar-refractivity contribution in [3.05, 3.63) is 30.7 Å². The van der Waals surface area contributed by atoms with E-state index in [1.54, 1.807) is 18.6 Å². The predicted octanol–water partition coefficient (Wildman–Crippen LogP) is 2.38. The van der Waals surface area contributed by atoms with Crippen LogP contribution in [0.25, 0.3) is 10.4 Å². The molecule has 2 aromatic heterocycles. The van der Waals surface area contributed by atoms with Crippen molar-refractivity contribution in [2.24, 2.45) is 0 Å². The SMILES string of the molecule is COC(=O)Nc1ncc(-c2cccnc2)s1. The Morgan fingerprint density at radius 1 is 1.50 bits per heavy atom. The summed E-state index contributed by atoms with van der Waals surface area (Å²) in [6.07, 6.45) is 4.62. The van der Waals surface area contributed by atoms with Crippen LogP contribution in [0.1, 0.15) is 0 Å². The van der Waals surface area contributed by atoms with Crippen LogP contribution in [0.3, 0.4) is 0 Å². The fourth-order valence-corrected chi connectivity index (χ4v) is 1.90. The molecule has 0 atom stereocenters. The zero-order valence-electron chi connectivity index (χ0n) is 8.51. The van der Waals surface area contributed by atoms with Crippen LogP contribution in [-0.2, 0) is 4.74 Å². The van der Waals surface area contributed by atoms with E-state index >= 15 is 0 Å². The van der Waals surface area contributed by atoms with E-state index < -0.39 is 6.09 Å². The predicted molar refractivity (Wildman–Crippen MR) is 61.4 cm³/mol. The van der Waals surface area contributed by atoms with Crippen molar-refractivity contribution in [2.45, 2.75) is 0 Å². The number of hydrogen-bond donors (Lipinski definition) is 1. The molecule has 0 saturated carbocycles. The van der Waals surface area contributed by atoms with Crippen molar-refractivity contribution in [1.29, 1.82) is 0 Å². The summed E-state index contributed by atoms with van der Waals surface area (Å²) in [6.45, 7) is 0. The van der Waals surface area contributed by atoms with E-state index in [0.717, 1.165) is 10.4 Å². The number of methoxy groups -OCH3 is 1. The van der Waals surface area contributed by atoms with Crippen LogP contribution < -0.4 is 5.32 Å². The number of hydrogen-bond acceptors (Lipinski definition) is 5. The molecule has 0 fully saturated rings. The smallest absolute Gasteiger partial charge is 0.413 e. The molecule has 0 saturated heterocycles. The van der Waals surface area contributed by atoms with Crippen LogP contribution in [0.15, 0.2) is 30.7 Å². The molecule has 0 aliphatic carbocycles. The average Bonchev–Trinajstić information content (AvgIpc) is 2.78. The monoisotopic (exact) mass is 235 g/mol. The second-order valence-corrected chi connectivity index (χ2v) is 3.92. The molecule has 16 heavy (non-hydrogen) atoms. The summed E-state index contributed by atoms with van der Waals surface area (Å²) in [5.74, 6) is 0. The first-order chi connectivity index (χ1) is 7.79. The molecule has 2 aromatic rings. The maximum atomic E-state index is 10.9. The summed E-state index contributed by atoms with van der Waals surface area (Å²) < 4.78 is 4.47. The van der Waals surface area contributed by atoms with Gasteiger partial charge in [-0.3, -0.25) is 10.3 Å². The van der Waals surface area contributed by atoms with Gasteiger partial charge in [0.05, 0.1) is 12.0 Å². The zero-order valence-corrected chi connectivity index (χ0v) is 9.32. The molecule has 5 nitrogen and oxygen atoms in total. The third-order valence-electron chi connectivity index (χ3n) is 1.85. The van der Waals surface area contributed by atoms with Crippen molar-refractivity contribution in [3.63, 3.8) is 0 Å². The Morgan fingerprint density at radius 2 is 2.38 bits per heavy atom. The number of amides is 1. The third-order valence-corrected chi connectivity index (χ3v) is 2.81. The number of nitrogens with zero attached hydrogens (tertiary/aromatic N) is 2. The minimum absolute atomic E-state index is 0.505. The Kier molecular flexibility index (Phi) is 3.11. The van der Waals surface area contributed by atoms with Crippen molar-refractivity contribution in [2.75, 3.05) is 12.4 Å². The molecule has 1 N–H and O–H groups in total. The average molecular weight is 235 g/mol. The number of pyridine rings is 1. The highest BCUT2D eigenvalue weighted by molar-refractivity contribution is 7.19. The Morgan fingerprint density at radius 3 is 3.06 bits per heavy atom. The molecule has 2 rings (SSSR count). The minimum Gasteiger partial charge on any atom is -0.453 e. The Balaban J connectivity index is 2.17. The Bertz CT molecular complexity index is 484. The molecule has 1 amide bonds. The molecule has 0 bridgehead atoms. The summed E-state index contributed by atoms with van der Waals surface area (Å²) in [4.78, 5) is 20.0. The van der Waals surface area contributed by atoms with Crippen molar-refractivity contribution >= 4 is 22.6 Å². The van der Waals surface area contributed by atoms with E-state index in [4.69, 9.17) is 0 Å².